The van der Waals surface area contributed by atoms with Gasteiger partial charge in [0.05, 0.1) is 0 Å². The van der Waals surface area contributed by atoms with Crippen molar-refractivity contribution < 1.29 is 10.2 Å². The van der Waals surface area contributed by atoms with Crippen molar-refractivity contribution in [2.24, 2.45) is 0 Å². The summed E-state index contributed by atoms with van der Waals surface area (Å²) in [4.78, 5) is 0. The van der Waals surface area contributed by atoms with Crippen LogP contribution in [0.1, 0.15) is 0 Å². The highest BCUT2D eigenvalue weighted by Gasteiger charge is 2.21. The van der Waals surface area contributed by atoms with Gasteiger partial charge in [-0.25, -0.2) is 0 Å². The first-order valence-electron chi connectivity index (χ1n) is 6.13. The molecule has 0 saturated carbocycles. The molecule has 0 spiro atoms. The van der Waals surface area contributed by atoms with E-state index in [1.165, 1.54) is 0 Å². The molecule has 2 rings (SSSR count). The van der Waals surface area contributed by atoms with E-state index in [1.54, 1.807) is 30.3 Å². The van der Waals surface area contributed by atoms with Gasteiger partial charge in [0.25, 0.3) is 0 Å². The number of phenolic OH excluding ortho intramolecular Hbond substituents is 2. The van der Waals surface area contributed by atoms with Gasteiger partial charge in [-0.15, -0.1) is 6.58 Å². The number of hydrogen-bond donors (Lipinski definition) is 2. The minimum absolute atomic E-state index is 0.322. The molecule has 0 aliphatic carbocycles. The molecule has 0 radical (unpaired) electrons. The zero-order chi connectivity index (χ0) is 14.3. The first-order chi connectivity index (χ1) is 8.97. The highest BCUT2D eigenvalue weighted by Crippen LogP contribution is 2.12. The fourth-order valence-corrected chi connectivity index (χ4v) is 3.05. The van der Waals surface area contributed by atoms with E-state index in [0.717, 1.165) is 5.19 Å². The summed E-state index contributed by atoms with van der Waals surface area (Å²) in [6, 6.07) is 16.2. The molecule has 0 unspecified atom stereocenters. The maximum absolute atomic E-state index is 9.56. The summed E-state index contributed by atoms with van der Waals surface area (Å²) in [5, 5.41) is 19.3. The van der Waals surface area contributed by atoms with Crippen LogP contribution in [0.2, 0.25) is 13.1 Å². The SMILES string of the molecule is C=C[Si](C)(C)c1ccccc1O.Oc1ccccc1. The van der Waals surface area contributed by atoms with E-state index >= 15 is 0 Å². The minimum atomic E-state index is -1.58. The zero-order valence-electron chi connectivity index (χ0n) is 11.4. The van der Waals surface area contributed by atoms with E-state index in [4.69, 9.17) is 5.11 Å². The standard InChI is InChI=1S/C10H14OSi.C6H6O/c1-4-12(2,3)10-8-6-5-7-9(10)11;7-6-4-2-1-3-5-6/h4-8,11H,1H2,2-3H3;1-5,7H. The third kappa shape index (κ3) is 4.64. The Morgan fingerprint density at radius 3 is 1.84 bits per heavy atom. The van der Waals surface area contributed by atoms with Gasteiger partial charge in [-0.1, -0.05) is 55.2 Å². The minimum Gasteiger partial charge on any atom is -0.508 e. The summed E-state index contributed by atoms with van der Waals surface area (Å²) in [6.07, 6.45) is 0. The van der Waals surface area contributed by atoms with Crippen molar-refractivity contribution in [1.82, 2.24) is 0 Å². The summed E-state index contributed by atoms with van der Waals surface area (Å²) in [6.45, 7) is 8.12. The molecule has 0 aliphatic heterocycles. The topological polar surface area (TPSA) is 40.5 Å². The van der Waals surface area contributed by atoms with Gasteiger partial charge in [0, 0.05) is 0 Å². The van der Waals surface area contributed by atoms with Crippen LogP contribution in [-0.2, 0) is 0 Å². The first-order valence-corrected chi connectivity index (χ1v) is 9.21. The lowest BCUT2D eigenvalue weighted by Crippen LogP contribution is -2.39. The van der Waals surface area contributed by atoms with E-state index in [1.807, 2.05) is 30.0 Å². The first kappa shape index (κ1) is 15.1. The second kappa shape index (κ2) is 6.80. The van der Waals surface area contributed by atoms with Crippen molar-refractivity contribution in [3.63, 3.8) is 0 Å². The summed E-state index contributed by atoms with van der Waals surface area (Å²) in [7, 11) is -1.58. The number of benzene rings is 2. The molecule has 3 heteroatoms. The smallest absolute Gasteiger partial charge is 0.115 e. The molecule has 0 atom stereocenters. The molecule has 2 nitrogen and oxygen atoms in total. The molecule has 100 valence electrons. The molecule has 0 fully saturated rings. The van der Waals surface area contributed by atoms with Crippen molar-refractivity contribution in [1.29, 1.82) is 0 Å². The van der Waals surface area contributed by atoms with Crippen molar-refractivity contribution in [3.8, 4) is 11.5 Å². The quantitative estimate of drug-likeness (QED) is 0.822. The molecular weight excluding hydrogens is 252 g/mol. The Balaban J connectivity index is 0.000000218. The highest BCUT2D eigenvalue weighted by molar-refractivity contribution is 6.94. The molecule has 0 aliphatic rings. The Kier molecular flexibility index (Phi) is 5.39. The summed E-state index contributed by atoms with van der Waals surface area (Å²) in [5.74, 6) is 0.719. The molecule has 2 N–H and O–H groups in total. The maximum Gasteiger partial charge on any atom is 0.115 e. The summed E-state index contributed by atoms with van der Waals surface area (Å²) >= 11 is 0. The van der Waals surface area contributed by atoms with Crippen LogP contribution in [0.15, 0.2) is 66.9 Å². The number of rotatable bonds is 2. The van der Waals surface area contributed by atoms with Gasteiger partial charge in [-0.2, -0.15) is 0 Å². The van der Waals surface area contributed by atoms with E-state index < -0.39 is 8.07 Å². The molecule has 0 heterocycles. The van der Waals surface area contributed by atoms with Crippen LogP contribution in [0, 0.1) is 0 Å². The van der Waals surface area contributed by atoms with Crippen LogP contribution in [0.25, 0.3) is 0 Å². The van der Waals surface area contributed by atoms with E-state index in [9.17, 15) is 5.11 Å². The van der Waals surface area contributed by atoms with Crippen LogP contribution >= 0.6 is 0 Å². The third-order valence-corrected chi connectivity index (χ3v) is 5.70. The van der Waals surface area contributed by atoms with E-state index in [-0.39, 0.29) is 0 Å². The lowest BCUT2D eigenvalue weighted by Gasteiger charge is -2.18. The van der Waals surface area contributed by atoms with Crippen LogP contribution in [0.3, 0.4) is 0 Å². The third-order valence-electron chi connectivity index (χ3n) is 2.86. The maximum atomic E-state index is 9.56. The number of para-hydroxylation sites is 2. The fourth-order valence-electron chi connectivity index (χ4n) is 1.56. The number of aromatic hydroxyl groups is 2. The molecular formula is C16H20O2Si. The second-order valence-electron chi connectivity index (χ2n) is 4.78. The average Bonchev–Trinajstić information content (AvgIpc) is 2.40. The zero-order valence-corrected chi connectivity index (χ0v) is 12.4. The Hall–Kier alpha value is -2.00. The van der Waals surface area contributed by atoms with Gasteiger partial charge in [0.15, 0.2) is 0 Å². The summed E-state index contributed by atoms with van der Waals surface area (Å²) < 4.78 is 0. The number of phenols is 2. The molecule has 19 heavy (non-hydrogen) atoms. The Labute approximate surface area is 115 Å². The van der Waals surface area contributed by atoms with Crippen molar-refractivity contribution in [3.05, 3.63) is 66.9 Å². The van der Waals surface area contributed by atoms with E-state index in [2.05, 4.69) is 19.7 Å². The highest BCUT2D eigenvalue weighted by atomic mass is 28.3. The van der Waals surface area contributed by atoms with Crippen molar-refractivity contribution in [2.45, 2.75) is 13.1 Å². The lowest BCUT2D eigenvalue weighted by molar-refractivity contribution is 0.475. The molecule has 0 aromatic heterocycles. The van der Waals surface area contributed by atoms with Crippen molar-refractivity contribution >= 4 is 13.3 Å². The van der Waals surface area contributed by atoms with Gasteiger partial charge < -0.3 is 10.2 Å². The Morgan fingerprint density at radius 1 is 0.895 bits per heavy atom. The van der Waals surface area contributed by atoms with Crippen LogP contribution in [0.5, 0.6) is 11.5 Å². The molecule has 0 bridgehead atoms. The van der Waals surface area contributed by atoms with Gasteiger partial charge in [-0.3, -0.25) is 0 Å². The monoisotopic (exact) mass is 272 g/mol. The summed E-state index contributed by atoms with van der Waals surface area (Å²) in [5.41, 5.74) is 1.97. The van der Waals surface area contributed by atoms with Crippen LogP contribution < -0.4 is 5.19 Å². The molecule has 2 aromatic rings. The van der Waals surface area contributed by atoms with Crippen molar-refractivity contribution in [2.75, 3.05) is 0 Å². The van der Waals surface area contributed by atoms with Crippen LogP contribution in [-0.4, -0.2) is 18.3 Å². The molecule has 0 amide bonds. The fraction of sp³-hybridized carbons (Fsp3) is 0.125. The average molecular weight is 272 g/mol. The number of hydrogen-bond acceptors (Lipinski definition) is 2. The predicted octanol–water partition coefficient (Wildman–Crippen LogP) is 3.43. The molecule has 2 aromatic carbocycles. The Morgan fingerprint density at radius 2 is 1.42 bits per heavy atom. The second-order valence-corrected chi connectivity index (χ2v) is 9.17. The van der Waals surface area contributed by atoms with Gasteiger partial charge in [-0.05, 0) is 23.4 Å². The van der Waals surface area contributed by atoms with Gasteiger partial charge in [0.2, 0.25) is 0 Å². The predicted molar refractivity (Wildman–Crippen MR) is 83.5 cm³/mol. The van der Waals surface area contributed by atoms with Crippen LogP contribution in [0.4, 0.5) is 0 Å². The van der Waals surface area contributed by atoms with E-state index in [0.29, 0.717) is 11.5 Å². The van der Waals surface area contributed by atoms with Gasteiger partial charge >= 0.3 is 0 Å². The largest absolute Gasteiger partial charge is 0.508 e. The lowest BCUT2D eigenvalue weighted by atomic mass is 10.3. The normalized spacial score (nSPS) is 10.2. The van der Waals surface area contributed by atoms with Gasteiger partial charge in [0.1, 0.15) is 19.6 Å². The Bertz CT molecular complexity index is 521. The molecule has 0 saturated heterocycles.